The van der Waals surface area contributed by atoms with Crippen LogP contribution in [0, 0.1) is 5.92 Å². The second kappa shape index (κ2) is 6.83. The number of methoxy groups -OCH3 is 1. The number of carbonyl (C=O) groups excluding carboxylic acids is 1. The Bertz CT molecular complexity index is 400. The van der Waals surface area contributed by atoms with Crippen molar-refractivity contribution in [3.05, 3.63) is 11.9 Å². The molecule has 0 saturated heterocycles. The van der Waals surface area contributed by atoms with Crippen molar-refractivity contribution in [1.82, 2.24) is 9.78 Å². The van der Waals surface area contributed by atoms with E-state index in [1.54, 1.807) is 29.8 Å². The van der Waals surface area contributed by atoms with Crippen LogP contribution in [0.3, 0.4) is 0 Å². The standard InChI is InChI=1S/C13H22N2O2S/c1-9(2)7-18-8-11(16)13-12(17-5)6-14-15(13)10(3)4/h6,9-10H,7-8H2,1-5H3. The van der Waals surface area contributed by atoms with Gasteiger partial charge in [0.2, 0.25) is 0 Å². The van der Waals surface area contributed by atoms with E-state index in [0.717, 1.165) is 5.75 Å². The summed E-state index contributed by atoms with van der Waals surface area (Å²) in [5.74, 6) is 2.72. The maximum Gasteiger partial charge on any atom is 0.194 e. The molecule has 0 aromatic carbocycles. The Labute approximate surface area is 113 Å². The molecule has 1 aromatic rings. The Morgan fingerprint density at radius 1 is 1.44 bits per heavy atom. The number of ketones is 1. The highest BCUT2D eigenvalue weighted by Gasteiger charge is 2.20. The summed E-state index contributed by atoms with van der Waals surface area (Å²) < 4.78 is 6.94. The first-order valence-corrected chi connectivity index (χ1v) is 7.35. The smallest absolute Gasteiger partial charge is 0.194 e. The van der Waals surface area contributed by atoms with Gasteiger partial charge in [-0.3, -0.25) is 9.48 Å². The molecule has 1 rings (SSSR count). The minimum Gasteiger partial charge on any atom is -0.493 e. The number of hydrogen-bond acceptors (Lipinski definition) is 4. The molecule has 1 heterocycles. The van der Waals surface area contributed by atoms with Crippen molar-refractivity contribution >= 4 is 17.5 Å². The van der Waals surface area contributed by atoms with Gasteiger partial charge in [0, 0.05) is 6.04 Å². The highest BCUT2D eigenvalue weighted by Crippen LogP contribution is 2.23. The zero-order valence-corrected chi connectivity index (χ0v) is 12.6. The Balaban J connectivity index is 2.79. The largest absolute Gasteiger partial charge is 0.493 e. The molecule has 4 nitrogen and oxygen atoms in total. The topological polar surface area (TPSA) is 44.1 Å². The SMILES string of the molecule is COc1cnn(C(C)C)c1C(=O)CSCC(C)C. The summed E-state index contributed by atoms with van der Waals surface area (Å²) in [7, 11) is 1.57. The minimum absolute atomic E-state index is 0.0868. The molecule has 0 saturated carbocycles. The van der Waals surface area contributed by atoms with Gasteiger partial charge >= 0.3 is 0 Å². The predicted octanol–water partition coefficient (Wildman–Crippen LogP) is 3.04. The van der Waals surface area contributed by atoms with E-state index in [0.29, 0.717) is 23.1 Å². The van der Waals surface area contributed by atoms with Crippen LogP contribution in [0.25, 0.3) is 0 Å². The highest BCUT2D eigenvalue weighted by molar-refractivity contribution is 7.99. The number of nitrogens with zero attached hydrogens (tertiary/aromatic N) is 2. The third kappa shape index (κ3) is 3.77. The maximum atomic E-state index is 12.2. The molecular weight excluding hydrogens is 248 g/mol. The number of Topliss-reactive ketones (excluding diaryl/α,β-unsaturated/α-hetero) is 1. The van der Waals surface area contributed by atoms with Gasteiger partial charge in [-0.2, -0.15) is 16.9 Å². The van der Waals surface area contributed by atoms with Crippen LogP contribution in [-0.2, 0) is 0 Å². The molecular formula is C13H22N2O2S. The number of aromatic nitrogens is 2. The number of thioether (sulfide) groups is 1. The lowest BCUT2D eigenvalue weighted by molar-refractivity contribution is 0.100. The van der Waals surface area contributed by atoms with E-state index in [9.17, 15) is 4.79 Å². The lowest BCUT2D eigenvalue weighted by Crippen LogP contribution is -2.15. The zero-order valence-electron chi connectivity index (χ0n) is 11.8. The fraction of sp³-hybridized carbons (Fsp3) is 0.692. The molecule has 0 aliphatic heterocycles. The molecule has 18 heavy (non-hydrogen) atoms. The highest BCUT2D eigenvalue weighted by atomic mass is 32.2. The summed E-state index contributed by atoms with van der Waals surface area (Å²) in [5.41, 5.74) is 0.587. The van der Waals surface area contributed by atoms with E-state index in [4.69, 9.17) is 4.74 Å². The molecule has 0 N–H and O–H groups in total. The number of ether oxygens (including phenoxy) is 1. The van der Waals surface area contributed by atoms with Crippen LogP contribution in [0.2, 0.25) is 0 Å². The quantitative estimate of drug-likeness (QED) is 0.714. The lowest BCUT2D eigenvalue weighted by atomic mass is 10.2. The van der Waals surface area contributed by atoms with E-state index in [-0.39, 0.29) is 11.8 Å². The summed E-state index contributed by atoms with van der Waals surface area (Å²) in [4.78, 5) is 12.2. The van der Waals surface area contributed by atoms with Crippen LogP contribution in [-0.4, -0.2) is 34.2 Å². The number of hydrogen-bond donors (Lipinski definition) is 0. The van der Waals surface area contributed by atoms with Crippen LogP contribution in [0.1, 0.15) is 44.2 Å². The van der Waals surface area contributed by atoms with Crippen LogP contribution in [0.5, 0.6) is 5.75 Å². The monoisotopic (exact) mass is 270 g/mol. The average molecular weight is 270 g/mol. The molecule has 1 aromatic heterocycles. The Morgan fingerprint density at radius 2 is 2.11 bits per heavy atom. The molecule has 102 valence electrons. The fourth-order valence-corrected chi connectivity index (χ4v) is 2.52. The van der Waals surface area contributed by atoms with Crippen molar-refractivity contribution in [1.29, 1.82) is 0 Å². The normalized spacial score (nSPS) is 11.3. The van der Waals surface area contributed by atoms with E-state index >= 15 is 0 Å². The maximum absolute atomic E-state index is 12.2. The van der Waals surface area contributed by atoms with Crippen LogP contribution >= 0.6 is 11.8 Å². The molecule has 0 amide bonds. The van der Waals surface area contributed by atoms with Gasteiger partial charge in [-0.05, 0) is 25.5 Å². The first-order valence-electron chi connectivity index (χ1n) is 6.19. The molecule has 0 bridgehead atoms. The van der Waals surface area contributed by atoms with Crippen molar-refractivity contribution in [3.63, 3.8) is 0 Å². The summed E-state index contributed by atoms with van der Waals surface area (Å²) in [6.45, 7) is 8.31. The van der Waals surface area contributed by atoms with Gasteiger partial charge in [0.05, 0.1) is 19.1 Å². The van der Waals surface area contributed by atoms with Crippen LogP contribution < -0.4 is 4.74 Å². The summed E-state index contributed by atoms with van der Waals surface area (Å²) >= 11 is 1.66. The van der Waals surface area contributed by atoms with Crippen molar-refractivity contribution in [2.75, 3.05) is 18.6 Å². The molecule has 5 heteroatoms. The van der Waals surface area contributed by atoms with Gasteiger partial charge in [0.15, 0.2) is 11.5 Å². The third-order valence-electron chi connectivity index (χ3n) is 2.42. The van der Waals surface area contributed by atoms with Gasteiger partial charge in [-0.15, -0.1) is 0 Å². The summed E-state index contributed by atoms with van der Waals surface area (Å²) in [5, 5.41) is 4.21. The van der Waals surface area contributed by atoms with Crippen LogP contribution in [0.15, 0.2) is 6.20 Å². The second-order valence-electron chi connectivity index (χ2n) is 4.93. The molecule has 0 unspecified atom stereocenters. The molecule has 0 fully saturated rings. The van der Waals surface area contributed by atoms with Gasteiger partial charge in [0.25, 0.3) is 0 Å². The van der Waals surface area contributed by atoms with Gasteiger partial charge < -0.3 is 4.74 Å². The molecule has 0 radical (unpaired) electrons. The van der Waals surface area contributed by atoms with Gasteiger partial charge in [-0.1, -0.05) is 13.8 Å². The second-order valence-corrected chi connectivity index (χ2v) is 5.96. The lowest BCUT2D eigenvalue weighted by Gasteiger charge is -2.11. The predicted molar refractivity (Wildman–Crippen MR) is 75.7 cm³/mol. The van der Waals surface area contributed by atoms with E-state index in [1.807, 2.05) is 13.8 Å². The Hall–Kier alpha value is -0.970. The molecule has 0 atom stereocenters. The fourth-order valence-electron chi connectivity index (χ4n) is 1.61. The zero-order chi connectivity index (χ0) is 13.7. The van der Waals surface area contributed by atoms with Crippen molar-refractivity contribution < 1.29 is 9.53 Å². The third-order valence-corrected chi connectivity index (χ3v) is 3.79. The number of rotatable bonds is 7. The van der Waals surface area contributed by atoms with E-state index in [1.165, 1.54) is 0 Å². The van der Waals surface area contributed by atoms with E-state index < -0.39 is 0 Å². The average Bonchev–Trinajstić information content (AvgIpc) is 2.71. The summed E-state index contributed by atoms with van der Waals surface area (Å²) in [6.07, 6.45) is 1.61. The summed E-state index contributed by atoms with van der Waals surface area (Å²) in [6, 6.07) is 0.156. The molecule has 0 aliphatic carbocycles. The van der Waals surface area contributed by atoms with Crippen LogP contribution in [0.4, 0.5) is 0 Å². The van der Waals surface area contributed by atoms with Crippen molar-refractivity contribution in [2.24, 2.45) is 5.92 Å². The van der Waals surface area contributed by atoms with E-state index in [2.05, 4.69) is 18.9 Å². The first kappa shape index (κ1) is 15.1. The Kier molecular flexibility index (Phi) is 5.72. The Morgan fingerprint density at radius 3 is 2.61 bits per heavy atom. The number of carbonyl (C=O) groups is 1. The van der Waals surface area contributed by atoms with Crippen molar-refractivity contribution in [2.45, 2.75) is 33.7 Å². The van der Waals surface area contributed by atoms with Gasteiger partial charge in [-0.25, -0.2) is 0 Å². The molecule has 0 spiro atoms. The first-order chi connectivity index (χ1) is 8.47. The molecule has 0 aliphatic rings. The van der Waals surface area contributed by atoms with Crippen molar-refractivity contribution in [3.8, 4) is 5.75 Å². The van der Waals surface area contributed by atoms with Gasteiger partial charge in [0.1, 0.15) is 5.69 Å². The minimum atomic E-state index is 0.0868.